The summed E-state index contributed by atoms with van der Waals surface area (Å²) >= 11 is 11.4. The van der Waals surface area contributed by atoms with Gasteiger partial charge >= 0.3 is 11.9 Å². The Hall–Kier alpha value is -1.26. The quantitative estimate of drug-likeness (QED) is 0.611. The Kier molecular flexibility index (Phi) is 3.94. The number of hydrogen-bond donors (Lipinski definition) is 1. The summed E-state index contributed by atoms with van der Waals surface area (Å²) in [5, 5.41) is 2.97. The van der Waals surface area contributed by atoms with Crippen molar-refractivity contribution in [3.05, 3.63) is 28.2 Å². The topological polar surface area (TPSA) is 55.4 Å². The van der Waals surface area contributed by atoms with E-state index in [1.54, 1.807) is 6.07 Å². The fourth-order valence-corrected chi connectivity index (χ4v) is 1.31. The van der Waals surface area contributed by atoms with Crippen molar-refractivity contribution in [2.45, 2.75) is 0 Å². The molecular weight excluding hydrogens is 241 g/mol. The van der Waals surface area contributed by atoms with Crippen LogP contribution in [0.25, 0.3) is 0 Å². The van der Waals surface area contributed by atoms with Crippen LogP contribution >= 0.6 is 23.2 Å². The van der Waals surface area contributed by atoms with Crippen molar-refractivity contribution in [3.63, 3.8) is 0 Å². The van der Waals surface area contributed by atoms with E-state index in [9.17, 15) is 9.59 Å². The van der Waals surface area contributed by atoms with Crippen molar-refractivity contribution >= 4 is 40.8 Å². The lowest BCUT2D eigenvalue weighted by atomic mass is 10.3. The van der Waals surface area contributed by atoms with Crippen molar-refractivity contribution in [1.82, 2.24) is 0 Å². The van der Waals surface area contributed by atoms with E-state index in [-0.39, 0.29) is 5.02 Å². The first-order valence-corrected chi connectivity index (χ1v) is 4.64. The molecule has 15 heavy (non-hydrogen) atoms. The summed E-state index contributed by atoms with van der Waals surface area (Å²) in [5.74, 6) is -1.87. The van der Waals surface area contributed by atoms with Crippen LogP contribution in [0.3, 0.4) is 0 Å². The lowest BCUT2D eigenvalue weighted by molar-refractivity contribution is -0.150. The Balaban J connectivity index is 2.81. The fraction of sp³-hybridized carbons (Fsp3) is 0.111. The summed E-state index contributed by atoms with van der Waals surface area (Å²) in [7, 11) is 1.12. The van der Waals surface area contributed by atoms with Gasteiger partial charge in [0.25, 0.3) is 0 Å². The second kappa shape index (κ2) is 5.00. The van der Waals surface area contributed by atoms with Gasteiger partial charge in [0, 0.05) is 5.02 Å². The number of methoxy groups -OCH3 is 1. The summed E-state index contributed by atoms with van der Waals surface area (Å²) in [6, 6.07) is 4.49. The van der Waals surface area contributed by atoms with Crippen LogP contribution in [0.5, 0.6) is 0 Å². The lowest BCUT2D eigenvalue weighted by Crippen LogP contribution is -2.23. The number of hydrogen-bond acceptors (Lipinski definition) is 3. The zero-order valence-electron chi connectivity index (χ0n) is 7.71. The fourth-order valence-electron chi connectivity index (χ4n) is 0.857. The summed E-state index contributed by atoms with van der Waals surface area (Å²) in [6.07, 6.45) is 0. The number of carbonyl (C=O) groups excluding carboxylic acids is 2. The Bertz CT molecular complexity index is 406. The number of rotatable bonds is 1. The van der Waals surface area contributed by atoms with Crippen molar-refractivity contribution in [2.75, 3.05) is 12.4 Å². The van der Waals surface area contributed by atoms with Crippen LogP contribution in [0, 0.1) is 0 Å². The molecule has 80 valence electrons. The Morgan fingerprint density at radius 3 is 2.53 bits per heavy atom. The maximum Gasteiger partial charge on any atom is 0.396 e. The van der Waals surface area contributed by atoms with Gasteiger partial charge in [-0.25, -0.2) is 4.79 Å². The Labute approximate surface area is 96.1 Å². The molecular formula is C9H7Cl2NO3. The molecule has 0 bridgehead atoms. The van der Waals surface area contributed by atoms with E-state index >= 15 is 0 Å². The van der Waals surface area contributed by atoms with Gasteiger partial charge in [-0.3, -0.25) is 4.79 Å². The molecule has 0 saturated heterocycles. The van der Waals surface area contributed by atoms with Crippen molar-refractivity contribution in [3.8, 4) is 0 Å². The number of benzene rings is 1. The molecule has 0 radical (unpaired) electrons. The molecule has 0 aliphatic heterocycles. The first-order valence-electron chi connectivity index (χ1n) is 3.89. The van der Waals surface area contributed by atoms with Gasteiger partial charge < -0.3 is 10.1 Å². The van der Waals surface area contributed by atoms with Crippen molar-refractivity contribution < 1.29 is 14.3 Å². The smallest absolute Gasteiger partial charge is 0.396 e. The first-order chi connectivity index (χ1) is 7.04. The van der Waals surface area contributed by atoms with Crippen molar-refractivity contribution in [2.24, 2.45) is 0 Å². The third-order valence-corrected chi connectivity index (χ3v) is 2.10. The molecule has 0 aliphatic carbocycles. The van der Waals surface area contributed by atoms with E-state index in [1.165, 1.54) is 12.1 Å². The highest BCUT2D eigenvalue weighted by molar-refractivity contribution is 6.40. The Morgan fingerprint density at radius 1 is 1.33 bits per heavy atom. The molecule has 1 N–H and O–H groups in total. The molecule has 0 fully saturated rings. The van der Waals surface area contributed by atoms with Gasteiger partial charge in [0.1, 0.15) is 0 Å². The third-order valence-electron chi connectivity index (χ3n) is 1.55. The van der Waals surface area contributed by atoms with Crippen LogP contribution in [0.1, 0.15) is 0 Å². The molecule has 4 nitrogen and oxygen atoms in total. The molecule has 1 amide bonds. The molecule has 0 aromatic heterocycles. The number of carbonyl (C=O) groups is 2. The monoisotopic (exact) mass is 247 g/mol. The lowest BCUT2D eigenvalue weighted by Gasteiger charge is -2.05. The summed E-state index contributed by atoms with van der Waals surface area (Å²) in [4.78, 5) is 21.9. The van der Waals surface area contributed by atoms with Gasteiger partial charge in [-0.1, -0.05) is 23.2 Å². The van der Waals surface area contributed by atoms with Crippen LogP contribution < -0.4 is 5.32 Å². The minimum absolute atomic E-state index is 0.250. The van der Waals surface area contributed by atoms with Crippen LogP contribution in [-0.4, -0.2) is 19.0 Å². The molecule has 6 heteroatoms. The van der Waals surface area contributed by atoms with E-state index in [0.717, 1.165) is 7.11 Å². The molecule has 0 spiro atoms. The number of esters is 1. The van der Waals surface area contributed by atoms with E-state index in [4.69, 9.17) is 23.2 Å². The average molecular weight is 248 g/mol. The van der Waals surface area contributed by atoms with E-state index in [0.29, 0.717) is 10.7 Å². The van der Waals surface area contributed by atoms with E-state index < -0.39 is 11.9 Å². The highest BCUT2D eigenvalue weighted by Gasteiger charge is 2.14. The van der Waals surface area contributed by atoms with E-state index in [1.807, 2.05) is 0 Å². The summed E-state index contributed by atoms with van der Waals surface area (Å²) in [6.45, 7) is 0. The third kappa shape index (κ3) is 3.11. The number of ether oxygens (including phenoxy) is 1. The van der Waals surface area contributed by atoms with Crippen molar-refractivity contribution in [1.29, 1.82) is 0 Å². The van der Waals surface area contributed by atoms with Gasteiger partial charge in [0.2, 0.25) is 0 Å². The van der Waals surface area contributed by atoms with Crippen LogP contribution in [0.15, 0.2) is 18.2 Å². The minimum atomic E-state index is -0.985. The highest BCUT2D eigenvalue weighted by atomic mass is 35.5. The molecule has 1 aromatic carbocycles. The number of amides is 1. The van der Waals surface area contributed by atoms with Crippen LogP contribution in [0.4, 0.5) is 5.69 Å². The van der Waals surface area contributed by atoms with Gasteiger partial charge in [0.15, 0.2) is 0 Å². The molecule has 0 saturated carbocycles. The normalized spacial score (nSPS) is 9.53. The van der Waals surface area contributed by atoms with Gasteiger partial charge in [-0.15, -0.1) is 0 Å². The SMILES string of the molecule is COC(=O)C(=O)Nc1ccc(Cl)cc1Cl. The van der Waals surface area contributed by atoms with Crippen LogP contribution in [-0.2, 0) is 14.3 Å². The Morgan fingerprint density at radius 2 is 2.00 bits per heavy atom. The predicted octanol–water partition coefficient (Wildman–Crippen LogP) is 2.10. The second-order valence-corrected chi connectivity index (χ2v) is 3.41. The highest BCUT2D eigenvalue weighted by Crippen LogP contribution is 2.25. The zero-order chi connectivity index (χ0) is 11.4. The number of nitrogens with one attached hydrogen (secondary N) is 1. The van der Waals surface area contributed by atoms with Crippen LogP contribution in [0.2, 0.25) is 10.0 Å². The van der Waals surface area contributed by atoms with Gasteiger partial charge in [-0.2, -0.15) is 0 Å². The number of anilines is 1. The summed E-state index contributed by atoms with van der Waals surface area (Å²) in [5.41, 5.74) is 0.302. The molecule has 0 heterocycles. The maximum atomic E-state index is 11.1. The molecule has 0 unspecified atom stereocenters. The largest absolute Gasteiger partial charge is 0.462 e. The molecule has 1 aromatic rings. The first kappa shape index (κ1) is 11.8. The molecule has 0 atom stereocenters. The second-order valence-electron chi connectivity index (χ2n) is 2.57. The van der Waals surface area contributed by atoms with Gasteiger partial charge in [-0.05, 0) is 18.2 Å². The number of halogens is 2. The molecule has 0 aliphatic rings. The minimum Gasteiger partial charge on any atom is -0.462 e. The maximum absolute atomic E-state index is 11.1. The molecule has 1 rings (SSSR count). The predicted molar refractivity (Wildman–Crippen MR) is 57.1 cm³/mol. The van der Waals surface area contributed by atoms with E-state index in [2.05, 4.69) is 10.1 Å². The standard InChI is InChI=1S/C9H7Cl2NO3/c1-15-9(14)8(13)12-7-3-2-5(10)4-6(7)11/h2-4H,1H3,(H,12,13). The zero-order valence-corrected chi connectivity index (χ0v) is 9.22. The summed E-state index contributed by atoms with van der Waals surface area (Å²) < 4.78 is 4.23. The average Bonchev–Trinajstić information content (AvgIpc) is 2.20. The van der Waals surface area contributed by atoms with Gasteiger partial charge in [0.05, 0.1) is 17.8 Å².